The molecule has 9 heteroatoms. The average Bonchev–Trinajstić information content (AvgIpc) is 3.50. The highest BCUT2D eigenvalue weighted by Crippen LogP contribution is 2.28. The number of anilines is 1. The number of fused-ring (bicyclic) bond motifs is 1. The Bertz CT molecular complexity index is 1290. The van der Waals surface area contributed by atoms with Gasteiger partial charge in [-0.1, -0.05) is 17.3 Å². The molecule has 1 aliphatic rings. The fourth-order valence-corrected chi connectivity index (χ4v) is 3.92. The minimum atomic E-state index is 0.481. The van der Waals surface area contributed by atoms with Gasteiger partial charge in [0.1, 0.15) is 5.69 Å². The summed E-state index contributed by atoms with van der Waals surface area (Å²) < 4.78 is 3.84. The Morgan fingerprint density at radius 3 is 2.84 bits per heavy atom. The van der Waals surface area contributed by atoms with Crippen LogP contribution in [-0.2, 0) is 19.5 Å². The van der Waals surface area contributed by atoms with E-state index in [-0.39, 0.29) is 0 Å². The first-order chi connectivity index (χ1) is 15.1. The number of hydrogen-bond donors (Lipinski definition) is 1. The van der Waals surface area contributed by atoms with Crippen molar-refractivity contribution in [3.05, 3.63) is 59.0 Å². The fraction of sp³-hybridized carbons (Fsp3) is 0.273. The maximum Gasteiger partial charge on any atom is 0.223 e. The molecule has 0 aliphatic carbocycles. The van der Waals surface area contributed by atoms with Crippen molar-refractivity contribution in [2.45, 2.75) is 32.9 Å². The molecule has 1 aliphatic heterocycles. The lowest BCUT2D eigenvalue weighted by molar-refractivity contribution is 0.601. The molecule has 0 saturated heterocycles. The van der Waals surface area contributed by atoms with Crippen molar-refractivity contribution >= 4 is 5.95 Å². The fourth-order valence-electron chi connectivity index (χ4n) is 3.92. The molecule has 0 spiro atoms. The Balaban J connectivity index is 1.48. The summed E-state index contributed by atoms with van der Waals surface area (Å²) in [7, 11) is 1.77. The molecule has 0 atom stereocenters. The van der Waals surface area contributed by atoms with Crippen molar-refractivity contribution < 1.29 is 0 Å². The van der Waals surface area contributed by atoms with E-state index in [2.05, 4.69) is 47.5 Å². The topological polar surface area (TPSA) is 110 Å². The van der Waals surface area contributed by atoms with Crippen LogP contribution in [0, 0.1) is 18.3 Å². The monoisotopic (exact) mass is 411 g/mol. The summed E-state index contributed by atoms with van der Waals surface area (Å²) in [5.41, 5.74) is 6.70. The predicted molar refractivity (Wildman–Crippen MR) is 115 cm³/mol. The van der Waals surface area contributed by atoms with Crippen LogP contribution in [-0.4, -0.2) is 41.8 Å². The molecule has 4 heterocycles. The second-order valence-electron chi connectivity index (χ2n) is 7.56. The van der Waals surface area contributed by atoms with Crippen LogP contribution in [0.2, 0.25) is 0 Å². The number of nitriles is 1. The lowest BCUT2D eigenvalue weighted by Crippen LogP contribution is -2.03. The Kier molecular flexibility index (Phi) is 4.67. The third kappa shape index (κ3) is 3.53. The minimum absolute atomic E-state index is 0.481. The molecule has 0 bridgehead atoms. The minimum Gasteiger partial charge on any atom is -0.357 e. The van der Waals surface area contributed by atoms with Gasteiger partial charge in [0.05, 0.1) is 41.5 Å². The molecule has 154 valence electrons. The van der Waals surface area contributed by atoms with E-state index in [1.807, 2.05) is 31.3 Å². The molecule has 5 rings (SSSR count). The van der Waals surface area contributed by atoms with Crippen molar-refractivity contribution in [1.29, 1.82) is 5.26 Å². The van der Waals surface area contributed by atoms with Gasteiger partial charge in [-0.25, -0.2) is 14.6 Å². The first kappa shape index (κ1) is 18.9. The zero-order valence-corrected chi connectivity index (χ0v) is 17.4. The van der Waals surface area contributed by atoms with Gasteiger partial charge in [-0.2, -0.15) is 10.4 Å². The van der Waals surface area contributed by atoms with Crippen LogP contribution >= 0.6 is 0 Å². The highest BCUT2D eigenvalue weighted by Gasteiger charge is 2.16. The van der Waals surface area contributed by atoms with E-state index in [0.717, 1.165) is 41.9 Å². The Morgan fingerprint density at radius 2 is 2.03 bits per heavy atom. The summed E-state index contributed by atoms with van der Waals surface area (Å²) in [6.07, 6.45) is 4.11. The third-order valence-corrected chi connectivity index (χ3v) is 5.52. The second-order valence-corrected chi connectivity index (χ2v) is 7.56. The number of nitrogens with one attached hydrogen (secondary N) is 1. The van der Waals surface area contributed by atoms with Gasteiger partial charge in [0, 0.05) is 24.8 Å². The standard InChI is InChI=1S/C22H21N9/c1-14-15(11-23)5-3-7-18(14)19-10-20(26-22(24-2)25-19)21-13-30(29-27-21)12-16-9-17-6-4-8-31(17)28-16/h3,5,7,9-10,13H,4,6,8,12H2,1-2H3,(H,24,25,26). The largest absolute Gasteiger partial charge is 0.357 e. The lowest BCUT2D eigenvalue weighted by Gasteiger charge is -2.09. The van der Waals surface area contributed by atoms with Crippen molar-refractivity contribution in [2.75, 3.05) is 12.4 Å². The number of aromatic nitrogens is 7. The third-order valence-electron chi connectivity index (χ3n) is 5.52. The number of hydrogen-bond acceptors (Lipinski definition) is 7. The molecule has 1 aromatic carbocycles. The molecule has 0 amide bonds. The molecule has 3 aromatic heterocycles. The van der Waals surface area contributed by atoms with Gasteiger partial charge in [0.2, 0.25) is 5.95 Å². The Labute approximate surface area is 179 Å². The molecule has 1 N–H and O–H groups in total. The summed E-state index contributed by atoms with van der Waals surface area (Å²) in [5, 5.41) is 25.6. The van der Waals surface area contributed by atoms with Crippen LogP contribution in [0.1, 0.15) is 28.9 Å². The highest BCUT2D eigenvalue weighted by molar-refractivity contribution is 5.71. The predicted octanol–water partition coefficient (Wildman–Crippen LogP) is 2.81. The smallest absolute Gasteiger partial charge is 0.223 e. The van der Waals surface area contributed by atoms with E-state index in [1.54, 1.807) is 17.8 Å². The van der Waals surface area contributed by atoms with E-state index in [4.69, 9.17) is 0 Å². The first-order valence-corrected chi connectivity index (χ1v) is 10.2. The van der Waals surface area contributed by atoms with Gasteiger partial charge in [0.15, 0.2) is 0 Å². The van der Waals surface area contributed by atoms with Gasteiger partial charge in [-0.05, 0) is 43.5 Å². The van der Waals surface area contributed by atoms with Crippen LogP contribution in [0.25, 0.3) is 22.6 Å². The van der Waals surface area contributed by atoms with Gasteiger partial charge >= 0.3 is 0 Å². The summed E-state index contributed by atoms with van der Waals surface area (Å²) in [4.78, 5) is 9.15. The molecule has 0 radical (unpaired) electrons. The van der Waals surface area contributed by atoms with Crippen molar-refractivity contribution in [2.24, 2.45) is 0 Å². The SMILES string of the molecule is CNc1nc(-c2cn(Cc3cc4n(n3)CCC4)nn2)cc(-c2cccc(C#N)c2C)n1. The van der Waals surface area contributed by atoms with Gasteiger partial charge in [0.25, 0.3) is 0 Å². The maximum atomic E-state index is 9.36. The Hall–Kier alpha value is -4.06. The van der Waals surface area contributed by atoms with Crippen LogP contribution in [0.3, 0.4) is 0 Å². The van der Waals surface area contributed by atoms with Gasteiger partial charge in [-0.15, -0.1) is 5.10 Å². The maximum absolute atomic E-state index is 9.36. The number of benzene rings is 1. The van der Waals surface area contributed by atoms with E-state index in [9.17, 15) is 5.26 Å². The molecular formula is C22H21N9. The Morgan fingerprint density at radius 1 is 1.16 bits per heavy atom. The summed E-state index contributed by atoms with van der Waals surface area (Å²) in [6, 6.07) is 11.9. The van der Waals surface area contributed by atoms with Crippen LogP contribution in [0.4, 0.5) is 5.95 Å². The molecule has 31 heavy (non-hydrogen) atoms. The zero-order chi connectivity index (χ0) is 21.4. The van der Waals surface area contributed by atoms with Crippen LogP contribution in [0.5, 0.6) is 0 Å². The highest BCUT2D eigenvalue weighted by atomic mass is 15.4. The van der Waals surface area contributed by atoms with Gasteiger partial charge in [-0.3, -0.25) is 4.68 Å². The van der Waals surface area contributed by atoms with Crippen molar-refractivity contribution in [1.82, 2.24) is 34.7 Å². The van der Waals surface area contributed by atoms with E-state index < -0.39 is 0 Å². The zero-order valence-electron chi connectivity index (χ0n) is 17.4. The van der Waals surface area contributed by atoms with Crippen LogP contribution in [0.15, 0.2) is 36.5 Å². The van der Waals surface area contributed by atoms with E-state index in [1.165, 1.54) is 5.69 Å². The summed E-state index contributed by atoms with van der Waals surface area (Å²) in [5.74, 6) is 0.481. The second kappa shape index (κ2) is 7.65. The number of nitrogens with zero attached hydrogens (tertiary/aromatic N) is 8. The summed E-state index contributed by atoms with van der Waals surface area (Å²) >= 11 is 0. The quantitative estimate of drug-likeness (QED) is 0.538. The van der Waals surface area contributed by atoms with Crippen molar-refractivity contribution in [3.63, 3.8) is 0 Å². The number of aryl methyl sites for hydroxylation is 2. The van der Waals surface area contributed by atoms with Crippen LogP contribution < -0.4 is 5.32 Å². The van der Waals surface area contributed by atoms with E-state index in [0.29, 0.717) is 29.4 Å². The average molecular weight is 411 g/mol. The number of rotatable bonds is 5. The van der Waals surface area contributed by atoms with Gasteiger partial charge < -0.3 is 5.32 Å². The normalized spacial score (nSPS) is 12.5. The van der Waals surface area contributed by atoms with Crippen molar-refractivity contribution in [3.8, 4) is 28.7 Å². The molecule has 0 unspecified atom stereocenters. The molecule has 0 fully saturated rings. The molecule has 9 nitrogen and oxygen atoms in total. The first-order valence-electron chi connectivity index (χ1n) is 10.2. The molecular weight excluding hydrogens is 390 g/mol. The molecule has 0 saturated carbocycles. The summed E-state index contributed by atoms with van der Waals surface area (Å²) in [6.45, 7) is 3.47. The lowest BCUT2D eigenvalue weighted by atomic mass is 10.00. The van der Waals surface area contributed by atoms with E-state index >= 15 is 0 Å². The molecule has 4 aromatic rings.